The Balaban J connectivity index is 1.99. The van der Waals surface area contributed by atoms with Gasteiger partial charge >= 0.3 is 6.18 Å². The van der Waals surface area contributed by atoms with E-state index < -0.39 is 23.7 Å². The summed E-state index contributed by atoms with van der Waals surface area (Å²) in [4.78, 5) is 12.9. The fourth-order valence-electron chi connectivity index (χ4n) is 3.83. The molecule has 1 heterocycles. The van der Waals surface area contributed by atoms with E-state index in [2.05, 4.69) is 5.10 Å². The van der Waals surface area contributed by atoms with Crippen LogP contribution in [0.4, 0.5) is 13.2 Å². The van der Waals surface area contributed by atoms with Crippen molar-refractivity contribution < 1.29 is 23.1 Å². The smallest absolute Gasteiger partial charge is 0.362 e. The number of benzene rings is 1. The molecule has 2 atom stereocenters. The number of amides is 1. The monoisotopic (exact) mass is 382 g/mol. The standard InChI is InChI=1S/C20H25F3N2O2/c1-18(2,3)14-11-9-13(10-12-14)17(26)25-19(27,20(21,22)23)15-7-5-4-6-8-16(15)24-25/h9-12,15,27H,4-8H2,1-3H3/t15-,19+/m1/s1. The topological polar surface area (TPSA) is 52.9 Å². The highest BCUT2D eigenvalue weighted by atomic mass is 19.4. The van der Waals surface area contributed by atoms with Gasteiger partial charge in [-0.2, -0.15) is 23.3 Å². The van der Waals surface area contributed by atoms with Crippen LogP contribution in [-0.4, -0.2) is 33.6 Å². The predicted octanol–water partition coefficient (Wildman–Crippen LogP) is 4.63. The highest BCUT2D eigenvalue weighted by Gasteiger charge is 2.68. The molecular formula is C20H25F3N2O2. The lowest BCUT2D eigenvalue weighted by Crippen LogP contribution is -2.61. The molecule has 1 N–H and O–H groups in total. The number of halogens is 3. The zero-order valence-corrected chi connectivity index (χ0v) is 15.8. The maximum atomic E-state index is 13.9. The van der Waals surface area contributed by atoms with Crippen molar-refractivity contribution in [3.8, 4) is 0 Å². The number of alkyl halides is 3. The van der Waals surface area contributed by atoms with Gasteiger partial charge in [-0.25, -0.2) is 0 Å². The second-order valence-electron chi connectivity index (χ2n) is 8.41. The molecule has 148 valence electrons. The maximum Gasteiger partial charge on any atom is 0.439 e. The summed E-state index contributed by atoms with van der Waals surface area (Å²) < 4.78 is 41.6. The van der Waals surface area contributed by atoms with E-state index in [0.717, 1.165) is 12.0 Å². The lowest BCUT2D eigenvalue weighted by molar-refractivity contribution is -0.312. The van der Waals surface area contributed by atoms with Gasteiger partial charge in [0.25, 0.3) is 11.6 Å². The summed E-state index contributed by atoms with van der Waals surface area (Å²) in [5.41, 5.74) is -2.12. The maximum absolute atomic E-state index is 13.9. The van der Waals surface area contributed by atoms with Crippen molar-refractivity contribution in [3.63, 3.8) is 0 Å². The minimum absolute atomic E-state index is 0.0754. The molecule has 4 nitrogen and oxygen atoms in total. The molecule has 1 fully saturated rings. The molecule has 0 radical (unpaired) electrons. The van der Waals surface area contributed by atoms with E-state index in [9.17, 15) is 23.1 Å². The van der Waals surface area contributed by atoms with Crippen LogP contribution in [0.15, 0.2) is 29.4 Å². The fourth-order valence-corrected chi connectivity index (χ4v) is 3.83. The van der Waals surface area contributed by atoms with Crippen molar-refractivity contribution in [3.05, 3.63) is 35.4 Å². The van der Waals surface area contributed by atoms with Crippen LogP contribution in [0.5, 0.6) is 0 Å². The number of hydrogen-bond acceptors (Lipinski definition) is 3. The SMILES string of the molecule is CC(C)(C)c1ccc(C(=O)N2N=C3CCCCC[C@H]3[C@]2(O)C(F)(F)F)cc1. The molecule has 0 unspecified atom stereocenters. The second-order valence-corrected chi connectivity index (χ2v) is 8.41. The van der Waals surface area contributed by atoms with Gasteiger partial charge in [0, 0.05) is 11.3 Å². The van der Waals surface area contributed by atoms with Crippen LogP contribution in [0, 0.1) is 5.92 Å². The molecule has 2 aliphatic rings. The van der Waals surface area contributed by atoms with Gasteiger partial charge in [-0.3, -0.25) is 4.79 Å². The lowest BCUT2D eigenvalue weighted by atomic mass is 9.86. The molecular weight excluding hydrogens is 357 g/mol. The summed E-state index contributed by atoms with van der Waals surface area (Å²) in [6, 6.07) is 6.44. The van der Waals surface area contributed by atoms with Gasteiger partial charge in [0.2, 0.25) is 0 Å². The molecule has 0 saturated heterocycles. The van der Waals surface area contributed by atoms with Gasteiger partial charge in [-0.1, -0.05) is 45.7 Å². The molecule has 1 aliphatic carbocycles. The first kappa shape index (κ1) is 19.9. The zero-order valence-electron chi connectivity index (χ0n) is 15.8. The molecule has 0 aromatic heterocycles. The molecule has 1 amide bonds. The Labute approximate surface area is 157 Å². The van der Waals surface area contributed by atoms with Gasteiger partial charge in [0.05, 0.1) is 5.92 Å². The first-order valence-corrected chi connectivity index (χ1v) is 9.28. The van der Waals surface area contributed by atoms with Gasteiger partial charge in [0.15, 0.2) is 0 Å². The number of aliphatic hydroxyl groups is 1. The quantitative estimate of drug-likeness (QED) is 0.770. The van der Waals surface area contributed by atoms with Crippen LogP contribution >= 0.6 is 0 Å². The van der Waals surface area contributed by atoms with E-state index in [0.29, 0.717) is 19.3 Å². The van der Waals surface area contributed by atoms with Crippen molar-refractivity contribution in [2.45, 2.75) is 70.2 Å². The van der Waals surface area contributed by atoms with Crippen LogP contribution in [0.2, 0.25) is 0 Å². The molecule has 1 aliphatic heterocycles. The predicted molar refractivity (Wildman–Crippen MR) is 96.3 cm³/mol. The second kappa shape index (κ2) is 6.62. The largest absolute Gasteiger partial charge is 0.439 e. The Morgan fingerprint density at radius 2 is 1.78 bits per heavy atom. The highest BCUT2D eigenvalue weighted by Crippen LogP contribution is 2.48. The number of carbonyl (C=O) groups is 1. The molecule has 1 aromatic rings. The van der Waals surface area contributed by atoms with Crippen molar-refractivity contribution >= 4 is 11.6 Å². The van der Waals surface area contributed by atoms with Gasteiger partial charge in [-0.05, 0) is 42.4 Å². The third-order valence-electron chi connectivity index (χ3n) is 5.47. The van der Waals surface area contributed by atoms with Crippen LogP contribution < -0.4 is 0 Å². The van der Waals surface area contributed by atoms with Crippen molar-refractivity contribution in [2.75, 3.05) is 0 Å². The first-order valence-electron chi connectivity index (χ1n) is 9.28. The van der Waals surface area contributed by atoms with Crippen molar-refractivity contribution in [1.29, 1.82) is 0 Å². The minimum Gasteiger partial charge on any atom is -0.362 e. The highest BCUT2D eigenvalue weighted by molar-refractivity contribution is 5.99. The number of rotatable bonds is 1. The summed E-state index contributed by atoms with van der Waals surface area (Å²) in [6.07, 6.45) is -2.37. The lowest BCUT2D eigenvalue weighted by Gasteiger charge is -2.37. The Bertz CT molecular complexity index is 750. The normalized spacial score (nSPS) is 26.4. The van der Waals surface area contributed by atoms with E-state index in [-0.39, 0.29) is 28.1 Å². The summed E-state index contributed by atoms with van der Waals surface area (Å²) in [7, 11) is 0. The third-order valence-corrected chi connectivity index (χ3v) is 5.47. The van der Waals surface area contributed by atoms with Crippen LogP contribution in [0.25, 0.3) is 0 Å². The molecule has 1 aromatic carbocycles. The number of carbonyl (C=O) groups excluding carboxylic acids is 1. The summed E-state index contributed by atoms with van der Waals surface area (Å²) in [5.74, 6) is -2.13. The molecule has 0 spiro atoms. The first-order chi connectivity index (χ1) is 12.5. The van der Waals surface area contributed by atoms with E-state index in [1.54, 1.807) is 12.1 Å². The zero-order chi connectivity index (χ0) is 20.0. The fraction of sp³-hybridized carbons (Fsp3) is 0.600. The van der Waals surface area contributed by atoms with Crippen molar-refractivity contribution in [2.24, 2.45) is 11.0 Å². The number of hydrazone groups is 1. The Morgan fingerprint density at radius 3 is 2.33 bits per heavy atom. The molecule has 1 saturated carbocycles. The Morgan fingerprint density at radius 1 is 1.15 bits per heavy atom. The van der Waals surface area contributed by atoms with E-state index in [1.807, 2.05) is 20.8 Å². The molecule has 7 heteroatoms. The van der Waals surface area contributed by atoms with Crippen LogP contribution in [0.3, 0.4) is 0 Å². The average molecular weight is 382 g/mol. The van der Waals surface area contributed by atoms with E-state index >= 15 is 0 Å². The Hall–Kier alpha value is -1.89. The minimum atomic E-state index is -4.99. The summed E-state index contributed by atoms with van der Waals surface area (Å²) in [5, 5.41) is 14.9. The molecule has 0 bridgehead atoms. The van der Waals surface area contributed by atoms with Crippen LogP contribution in [0.1, 0.15) is 68.8 Å². The Kier molecular flexibility index (Phi) is 4.87. The van der Waals surface area contributed by atoms with E-state index in [4.69, 9.17) is 0 Å². The van der Waals surface area contributed by atoms with Gasteiger partial charge < -0.3 is 5.11 Å². The average Bonchev–Trinajstić information content (AvgIpc) is 2.73. The summed E-state index contributed by atoms with van der Waals surface area (Å²) in [6.45, 7) is 6.02. The molecule has 3 rings (SSSR count). The number of fused-ring (bicyclic) bond motifs is 1. The van der Waals surface area contributed by atoms with E-state index in [1.165, 1.54) is 12.1 Å². The number of hydrogen-bond donors (Lipinski definition) is 1. The van der Waals surface area contributed by atoms with Gasteiger partial charge in [0.1, 0.15) is 0 Å². The third kappa shape index (κ3) is 3.37. The van der Waals surface area contributed by atoms with Crippen LogP contribution in [-0.2, 0) is 5.41 Å². The molecule has 27 heavy (non-hydrogen) atoms. The van der Waals surface area contributed by atoms with Gasteiger partial charge in [-0.15, -0.1) is 0 Å². The number of nitrogens with zero attached hydrogens (tertiary/aromatic N) is 2. The summed E-state index contributed by atoms with van der Waals surface area (Å²) >= 11 is 0. The van der Waals surface area contributed by atoms with Crippen molar-refractivity contribution in [1.82, 2.24) is 5.01 Å².